The van der Waals surface area contributed by atoms with Crippen molar-refractivity contribution in [3.8, 4) is 6.07 Å². The number of hydrogen-bond donors (Lipinski definition) is 1. The average molecular weight is 375 g/mol. The maximum atomic E-state index is 12.9. The molecule has 6 nitrogen and oxygen atoms in total. The summed E-state index contributed by atoms with van der Waals surface area (Å²) in [7, 11) is -2.10. The molecule has 1 N–H and O–H groups in total. The van der Waals surface area contributed by atoms with Crippen LogP contribution < -0.4 is 4.72 Å². The molecule has 0 aliphatic rings. The lowest BCUT2D eigenvalue weighted by Gasteiger charge is -2.17. The molecule has 2 aromatic rings. The maximum absolute atomic E-state index is 12.9. The molecule has 2 aromatic carbocycles. The highest BCUT2D eigenvalue weighted by molar-refractivity contribution is 7.89. The second-order valence-corrected chi connectivity index (χ2v) is 7.38. The van der Waals surface area contributed by atoms with Gasteiger partial charge in [0.05, 0.1) is 11.0 Å². The molecule has 0 radical (unpaired) electrons. The number of rotatable bonds is 7. The zero-order chi connectivity index (χ0) is 19.2. The number of carbonyl (C=O) groups excluding carboxylic acids is 1. The number of nitriles is 1. The summed E-state index contributed by atoms with van der Waals surface area (Å²) in [6, 6.07) is 13.3. The molecule has 0 saturated heterocycles. The van der Waals surface area contributed by atoms with Crippen molar-refractivity contribution < 1.29 is 17.6 Å². The van der Waals surface area contributed by atoms with E-state index >= 15 is 0 Å². The molecular formula is C18H18FN3O3S. The third-order valence-corrected chi connectivity index (χ3v) is 5.10. The summed E-state index contributed by atoms with van der Waals surface area (Å²) < 4.78 is 39.3. The molecule has 8 heteroatoms. The van der Waals surface area contributed by atoms with Crippen LogP contribution in [0.3, 0.4) is 0 Å². The lowest BCUT2D eigenvalue weighted by molar-refractivity contribution is 0.0785. The van der Waals surface area contributed by atoms with Crippen molar-refractivity contribution in [3.63, 3.8) is 0 Å². The third kappa shape index (κ3) is 5.12. The van der Waals surface area contributed by atoms with Crippen LogP contribution in [0.15, 0.2) is 53.4 Å². The molecule has 0 aromatic heterocycles. The predicted octanol–water partition coefficient (Wildman–Crippen LogP) is 2.29. The predicted molar refractivity (Wildman–Crippen MR) is 94.1 cm³/mol. The second kappa shape index (κ2) is 8.56. The Hall–Kier alpha value is -2.76. The fraction of sp³-hybridized carbons (Fsp3) is 0.222. The number of amides is 1. The minimum Gasteiger partial charge on any atom is -0.337 e. The van der Waals surface area contributed by atoms with E-state index in [1.165, 1.54) is 41.3 Å². The van der Waals surface area contributed by atoms with Gasteiger partial charge >= 0.3 is 0 Å². The monoisotopic (exact) mass is 375 g/mol. The van der Waals surface area contributed by atoms with Gasteiger partial charge in [-0.15, -0.1) is 0 Å². The second-order valence-electron chi connectivity index (χ2n) is 5.62. The van der Waals surface area contributed by atoms with Crippen LogP contribution in [0.4, 0.5) is 4.39 Å². The van der Waals surface area contributed by atoms with Gasteiger partial charge in [0.25, 0.3) is 5.91 Å². The van der Waals surface area contributed by atoms with E-state index in [-0.39, 0.29) is 29.6 Å². The van der Waals surface area contributed by atoms with Gasteiger partial charge in [-0.2, -0.15) is 5.26 Å². The van der Waals surface area contributed by atoms with E-state index in [0.717, 1.165) is 5.56 Å². The van der Waals surface area contributed by atoms with Gasteiger partial charge in [-0.05, 0) is 42.0 Å². The fourth-order valence-electron chi connectivity index (χ4n) is 2.26. The number of carbonyl (C=O) groups is 1. The third-order valence-electron chi connectivity index (χ3n) is 3.62. The first-order valence-electron chi connectivity index (χ1n) is 7.80. The minimum atomic E-state index is -3.71. The van der Waals surface area contributed by atoms with Crippen LogP contribution in [0.25, 0.3) is 0 Å². The first-order valence-corrected chi connectivity index (χ1v) is 9.28. The molecule has 26 heavy (non-hydrogen) atoms. The zero-order valence-corrected chi connectivity index (χ0v) is 15.0. The number of hydrogen-bond acceptors (Lipinski definition) is 4. The number of benzene rings is 2. The highest BCUT2D eigenvalue weighted by Crippen LogP contribution is 2.13. The lowest BCUT2D eigenvalue weighted by Crippen LogP contribution is -2.27. The lowest BCUT2D eigenvalue weighted by atomic mass is 10.1. The first kappa shape index (κ1) is 19.6. The van der Waals surface area contributed by atoms with E-state index in [1.54, 1.807) is 19.2 Å². The molecule has 0 bridgehead atoms. The van der Waals surface area contributed by atoms with Crippen molar-refractivity contribution >= 4 is 15.9 Å². The molecule has 0 saturated carbocycles. The molecule has 0 aliphatic carbocycles. The normalized spacial score (nSPS) is 11.0. The Bertz CT molecular complexity index is 904. The standard InChI is InChI=1S/C18H18FN3O3S/c1-22(13-14-3-7-16(19)8-4-14)18(23)15-5-9-17(10-6-15)26(24,25)21-12-2-11-20/h3-10,21H,2,12-13H2,1H3. The summed E-state index contributed by atoms with van der Waals surface area (Å²) in [6.45, 7) is 0.328. The number of nitrogens with zero attached hydrogens (tertiary/aromatic N) is 2. The van der Waals surface area contributed by atoms with Crippen LogP contribution in [0.2, 0.25) is 0 Å². The molecule has 0 fully saturated rings. The summed E-state index contributed by atoms with van der Waals surface area (Å²) in [5, 5.41) is 8.46. The zero-order valence-electron chi connectivity index (χ0n) is 14.1. The maximum Gasteiger partial charge on any atom is 0.253 e. The van der Waals surface area contributed by atoms with Crippen LogP contribution in [-0.4, -0.2) is 32.8 Å². The number of sulfonamides is 1. The summed E-state index contributed by atoms with van der Waals surface area (Å²) in [6.07, 6.45) is 0.0734. The summed E-state index contributed by atoms with van der Waals surface area (Å²) >= 11 is 0. The van der Waals surface area contributed by atoms with Crippen molar-refractivity contribution in [2.75, 3.05) is 13.6 Å². The van der Waals surface area contributed by atoms with Gasteiger partial charge < -0.3 is 4.90 Å². The van der Waals surface area contributed by atoms with Crippen molar-refractivity contribution in [2.45, 2.75) is 17.9 Å². The van der Waals surface area contributed by atoms with Gasteiger partial charge in [-0.3, -0.25) is 4.79 Å². The molecule has 1 amide bonds. The van der Waals surface area contributed by atoms with E-state index in [9.17, 15) is 17.6 Å². The van der Waals surface area contributed by atoms with E-state index in [2.05, 4.69) is 4.72 Å². The molecule has 0 atom stereocenters. The van der Waals surface area contributed by atoms with Crippen LogP contribution in [-0.2, 0) is 16.6 Å². The molecule has 2 rings (SSSR count). The first-order chi connectivity index (χ1) is 12.3. The molecule has 0 aliphatic heterocycles. The Morgan fingerprint density at radius 1 is 1.15 bits per heavy atom. The van der Waals surface area contributed by atoms with Gasteiger partial charge in [-0.25, -0.2) is 17.5 Å². The summed E-state index contributed by atoms with van der Waals surface area (Å²) in [4.78, 5) is 13.9. The highest BCUT2D eigenvalue weighted by Gasteiger charge is 2.16. The van der Waals surface area contributed by atoms with Crippen molar-refractivity contribution in [1.29, 1.82) is 5.26 Å². The van der Waals surface area contributed by atoms with Gasteiger partial charge in [0.2, 0.25) is 10.0 Å². The van der Waals surface area contributed by atoms with Gasteiger partial charge in [0.1, 0.15) is 5.82 Å². The van der Waals surface area contributed by atoms with E-state index in [4.69, 9.17) is 5.26 Å². The topological polar surface area (TPSA) is 90.3 Å². The molecule has 0 unspecified atom stereocenters. The van der Waals surface area contributed by atoms with E-state index in [1.807, 2.05) is 6.07 Å². The SMILES string of the molecule is CN(Cc1ccc(F)cc1)C(=O)c1ccc(S(=O)(=O)NCCC#N)cc1. The smallest absolute Gasteiger partial charge is 0.253 e. The Kier molecular flexibility index (Phi) is 6.44. The Balaban J connectivity index is 2.05. The highest BCUT2D eigenvalue weighted by atomic mass is 32.2. The van der Waals surface area contributed by atoms with Crippen LogP contribution >= 0.6 is 0 Å². The van der Waals surface area contributed by atoms with Crippen LogP contribution in [0, 0.1) is 17.1 Å². The van der Waals surface area contributed by atoms with Crippen molar-refractivity contribution in [3.05, 3.63) is 65.5 Å². The quantitative estimate of drug-likeness (QED) is 0.752. The van der Waals surface area contributed by atoms with Crippen LogP contribution in [0.5, 0.6) is 0 Å². The summed E-state index contributed by atoms with van der Waals surface area (Å²) in [5.41, 5.74) is 1.12. The number of halogens is 1. The fourth-order valence-corrected chi connectivity index (χ4v) is 3.29. The Morgan fingerprint density at radius 3 is 2.35 bits per heavy atom. The van der Waals surface area contributed by atoms with E-state index < -0.39 is 10.0 Å². The Morgan fingerprint density at radius 2 is 1.77 bits per heavy atom. The largest absolute Gasteiger partial charge is 0.337 e. The molecule has 136 valence electrons. The average Bonchev–Trinajstić information content (AvgIpc) is 2.63. The van der Waals surface area contributed by atoms with Gasteiger partial charge in [0.15, 0.2) is 0 Å². The van der Waals surface area contributed by atoms with Gasteiger partial charge in [0, 0.05) is 32.1 Å². The minimum absolute atomic E-state index is 0.0215. The van der Waals surface area contributed by atoms with Gasteiger partial charge in [-0.1, -0.05) is 12.1 Å². The van der Waals surface area contributed by atoms with Crippen LogP contribution in [0.1, 0.15) is 22.3 Å². The molecule has 0 spiro atoms. The van der Waals surface area contributed by atoms with Crippen molar-refractivity contribution in [2.24, 2.45) is 0 Å². The summed E-state index contributed by atoms with van der Waals surface area (Å²) in [5.74, 6) is -0.626. The molecular weight excluding hydrogens is 357 g/mol. The Labute approximate surface area is 151 Å². The van der Waals surface area contributed by atoms with E-state index in [0.29, 0.717) is 12.1 Å². The molecule has 0 heterocycles. The number of nitrogens with one attached hydrogen (secondary N) is 1. The van der Waals surface area contributed by atoms with Crippen molar-refractivity contribution in [1.82, 2.24) is 9.62 Å².